The maximum absolute atomic E-state index is 13.1. The zero-order valence-electron chi connectivity index (χ0n) is 17.2. The summed E-state index contributed by atoms with van der Waals surface area (Å²) in [4.78, 5) is 14.9. The van der Waals surface area contributed by atoms with Crippen molar-refractivity contribution in [1.82, 2.24) is 10.2 Å². The lowest BCUT2D eigenvalue weighted by Gasteiger charge is -2.32. The van der Waals surface area contributed by atoms with Gasteiger partial charge in [0.1, 0.15) is 5.82 Å². The number of para-hydroxylation sites is 1. The molecular formula is C24H25FN4O. The van der Waals surface area contributed by atoms with Crippen LogP contribution in [0.3, 0.4) is 0 Å². The number of aryl methyl sites for hydroxylation is 2. The van der Waals surface area contributed by atoms with Gasteiger partial charge in [-0.3, -0.25) is 4.79 Å². The number of halogens is 1. The number of anilines is 2. The van der Waals surface area contributed by atoms with Crippen molar-refractivity contribution in [3.05, 3.63) is 71.5 Å². The van der Waals surface area contributed by atoms with Gasteiger partial charge in [0, 0.05) is 30.3 Å². The molecule has 3 aromatic rings. The molecule has 0 saturated carbocycles. The van der Waals surface area contributed by atoms with E-state index in [2.05, 4.69) is 20.4 Å². The van der Waals surface area contributed by atoms with E-state index >= 15 is 0 Å². The highest BCUT2D eigenvalue weighted by molar-refractivity contribution is 5.94. The van der Waals surface area contributed by atoms with Crippen LogP contribution < -0.4 is 10.2 Å². The summed E-state index contributed by atoms with van der Waals surface area (Å²) in [5.74, 6) is 0.610. The maximum atomic E-state index is 13.1. The van der Waals surface area contributed by atoms with E-state index in [1.165, 1.54) is 12.1 Å². The topological polar surface area (TPSA) is 58.1 Å². The van der Waals surface area contributed by atoms with Crippen LogP contribution in [-0.4, -0.2) is 29.2 Å². The smallest absolute Gasteiger partial charge is 0.227 e. The van der Waals surface area contributed by atoms with Crippen LogP contribution in [0.4, 0.5) is 15.9 Å². The first-order valence-electron chi connectivity index (χ1n) is 10.2. The number of carbonyl (C=O) groups is 1. The molecule has 1 aliphatic rings. The molecule has 2 heterocycles. The summed E-state index contributed by atoms with van der Waals surface area (Å²) in [5, 5.41) is 11.8. The molecule has 1 aliphatic heterocycles. The molecule has 6 heteroatoms. The first-order valence-corrected chi connectivity index (χ1v) is 10.2. The number of nitrogens with one attached hydrogen (secondary N) is 1. The molecule has 0 aliphatic carbocycles. The van der Waals surface area contributed by atoms with Crippen LogP contribution in [0.1, 0.15) is 24.0 Å². The summed E-state index contributed by atoms with van der Waals surface area (Å²) in [6, 6.07) is 16.1. The van der Waals surface area contributed by atoms with Crippen molar-refractivity contribution in [2.45, 2.75) is 26.7 Å². The Morgan fingerprint density at radius 2 is 1.63 bits per heavy atom. The molecule has 0 radical (unpaired) electrons. The Morgan fingerprint density at radius 3 is 2.23 bits per heavy atom. The van der Waals surface area contributed by atoms with Crippen LogP contribution in [0.25, 0.3) is 11.3 Å². The van der Waals surface area contributed by atoms with Crippen LogP contribution in [0.5, 0.6) is 0 Å². The monoisotopic (exact) mass is 404 g/mol. The van der Waals surface area contributed by atoms with Crippen LogP contribution in [0.15, 0.2) is 54.6 Å². The van der Waals surface area contributed by atoms with Gasteiger partial charge in [-0.15, -0.1) is 10.2 Å². The fraction of sp³-hybridized carbons (Fsp3) is 0.292. The van der Waals surface area contributed by atoms with E-state index in [4.69, 9.17) is 0 Å². The van der Waals surface area contributed by atoms with Gasteiger partial charge in [0.25, 0.3) is 0 Å². The van der Waals surface area contributed by atoms with Gasteiger partial charge >= 0.3 is 0 Å². The van der Waals surface area contributed by atoms with E-state index < -0.39 is 0 Å². The van der Waals surface area contributed by atoms with E-state index in [0.29, 0.717) is 5.69 Å². The Bertz CT molecular complexity index is 1010. The number of carbonyl (C=O) groups excluding carboxylic acids is 1. The quantitative estimate of drug-likeness (QED) is 0.681. The van der Waals surface area contributed by atoms with Crippen molar-refractivity contribution < 1.29 is 9.18 Å². The zero-order valence-corrected chi connectivity index (χ0v) is 17.2. The molecule has 1 saturated heterocycles. The van der Waals surface area contributed by atoms with Crippen molar-refractivity contribution in [1.29, 1.82) is 0 Å². The standard InChI is InChI=1S/C24H25FN4O/c1-16-4-3-5-17(2)23(16)26-24(30)19-12-14-29(15-13-19)22-11-10-21(27-28-22)18-6-8-20(25)9-7-18/h3-11,19H,12-15H2,1-2H3,(H,26,30). The number of piperidine rings is 1. The molecule has 0 bridgehead atoms. The normalized spacial score (nSPS) is 14.6. The van der Waals surface area contributed by atoms with Crippen molar-refractivity contribution in [2.24, 2.45) is 5.92 Å². The van der Waals surface area contributed by atoms with E-state index in [1.807, 2.05) is 44.2 Å². The third-order valence-corrected chi connectivity index (χ3v) is 5.71. The lowest BCUT2D eigenvalue weighted by atomic mass is 9.95. The molecule has 30 heavy (non-hydrogen) atoms. The van der Waals surface area contributed by atoms with Crippen molar-refractivity contribution >= 4 is 17.4 Å². The molecule has 5 nitrogen and oxygen atoms in total. The predicted molar refractivity (Wildman–Crippen MR) is 117 cm³/mol. The Morgan fingerprint density at radius 1 is 0.967 bits per heavy atom. The second-order valence-corrected chi connectivity index (χ2v) is 7.80. The fourth-order valence-electron chi connectivity index (χ4n) is 3.88. The van der Waals surface area contributed by atoms with Crippen LogP contribution in [0.2, 0.25) is 0 Å². The van der Waals surface area contributed by atoms with Gasteiger partial charge in [-0.1, -0.05) is 18.2 Å². The first kappa shape index (κ1) is 20.0. The van der Waals surface area contributed by atoms with Gasteiger partial charge < -0.3 is 10.2 Å². The fourth-order valence-corrected chi connectivity index (χ4v) is 3.88. The van der Waals surface area contributed by atoms with Gasteiger partial charge in [0.05, 0.1) is 5.69 Å². The zero-order chi connectivity index (χ0) is 21.1. The largest absolute Gasteiger partial charge is 0.355 e. The molecular weight excluding hydrogens is 379 g/mol. The summed E-state index contributed by atoms with van der Waals surface area (Å²) >= 11 is 0. The minimum absolute atomic E-state index is 0.00768. The number of aromatic nitrogens is 2. The number of amides is 1. The minimum atomic E-state index is -0.271. The molecule has 0 atom stereocenters. The second kappa shape index (κ2) is 8.61. The Balaban J connectivity index is 1.36. The highest BCUT2D eigenvalue weighted by atomic mass is 19.1. The van der Waals surface area contributed by atoms with Crippen molar-refractivity contribution in [2.75, 3.05) is 23.3 Å². The van der Waals surface area contributed by atoms with Gasteiger partial charge in [0.2, 0.25) is 5.91 Å². The predicted octanol–water partition coefficient (Wildman–Crippen LogP) is 4.75. The number of rotatable bonds is 4. The number of hydrogen-bond acceptors (Lipinski definition) is 4. The SMILES string of the molecule is Cc1cccc(C)c1NC(=O)C1CCN(c2ccc(-c3ccc(F)cc3)nn2)CC1. The van der Waals surface area contributed by atoms with Crippen LogP contribution >= 0.6 is 0 Å². The van der Waals surface area contributed by atoms with Crippen LogP contribution in [0, 0.1) is 25.6 Å². The molecule has 4 rings (SSSR count). The highest BCUT2D eigenvalue weighted by Gasteiger charge is 2.26. The maximum Gasteiger partial charge on any atom is 0.227 e. The average Bonchev–Trinajstić information content (AvgIpc) is 2.77. The molecule has 1 fully saturated rings. The third kappa shape index (κ3) is 4.32. The molecule has 154 valence electrons. The minimum Gasteiger partial charge on any atom is -0.355 e. The molecule has 1 N–H and O–H groups in total. The molecule has 1 aromatic heterocycles. The van der Waals surface area contributed by atoms with Gasteiger partial charge in [-0.05, 0) is 74.2 Å². The summed E-state index contributed by atoms with van der Waals surface area (Å²) < 4.78 is 13.1. The third-order valence-electron chi connectivity index (χ3n) is 5.71. The summed E-state index contributed by atoms with van der Waals surface area (Å²) in [5.41, 5.74) is 4.63. The van der Waals surface area contributed by atoms with Crippen molar-refractivity contribution in [3.8, 4) is 11.3 Å². The Labute approximate surface area is 176 Å². The van der Waals surface area contributed by atoms with E-state index in [9.17, 15) is 9.18 Å². The highest BCUT2D eigenvalue weighted by Crippen LogP contribution is 2.26. The molecule has 1 amide bonds. The lowest BCUT2D eigenvalue weighted by Crippen LogP contribution is -2.38. The second-order valence-electron chi connectivity index (χ2n) is 7.80. The number of nitrogens with zero attached hydrogens (tertiary/aromatic N) is 3. The van der Waals surface area contributed by atoms with Gasteiger partial charge in [-0.25, -0.2) is 4.39 Å². The number of hydrogen-bond donors (Lipinski definition) is 1. The Kier molecular flexibility index (Phi) is 5.74. The Hall–Kier alpha value is -3.28. The molecule has 2 aromatic carbocycles. The van der Waals surface area contributed by atoms with Crippen LogP contribution in [-0.2, 0) is 4.79 Å². The van der Waals surface area contributed by atoms with Crippen molar-refractivity contribution in [3.63, 3.8) is 0 Å². The van der Waals surface area contributed by atoms with Gasteiger partial charge in [0.15, 0.2) is 5.82 Å². The van der Waals surface area contributed by atoms with E-state index in [0.717, 1.165) is 54.1 Å². The number of benzene rings is 2. The summed E-state index contributed by atoms with van der Waals surface area (Å²) in [7, 11) is 0. The van der Waals surface area contributed by atoms with E-state index in [-0.39, 0.29) is 17.6 Å². The average molecular weight is 404 g/mol. The molecule has 0 spiro atoms. The summed E-state index contributed by atoms with van der Waals surface area (Å²) in [6.07, 6.45) is 1.55. The van der Waals surface area contributed by atoms with Gasteiger partial charge in [-0.2, -0.15) is 0 Å². The first-order chi connectivity index (χ1) is 14.5. The van der Waals surface area contributed by atoms with E-state index in [1.54, 1.807) is 12.1 Å². The molecule has 0 unspecified atom stereocenters. The summed E-state index contributed by atoms with van der Waals surface area (Å²) in [6.45, 7) is 5.55. The lowest BCUT2D eigenvalue weighted by molar-refractivity contribution is -0.120.